The largest absolute Gasteiger partial charge is 0.478 e. The lowest BCUT2D eigenvalue weighted by Gasteiger charge is -2.26. The van der Waals surface area contributed by atoms with Crippen LogP contribution in [-0.2, 0) is 25.7 Å². The zero-order valence-corrected chi connectivity index (χ0v) is 32.0. The number of benzene rings is 5. The van der Waals surface area contributed by atoms with Crippen LogP contribution in [0, 0.1) is 6.04 Å². The van der Waals surface area contributed by atoms with Gasteiger partial charge in [0.2, 0.25) is 5.91 Å². The maximum Gasteiger partial charge on any atom is 0.335 e. The van der Waals surface area contributed by atoms with Crippen LogP contribution in [-0.4, -0.2) is 47.1 Å². The number of fused-ring (bicyclic) bond motifs is 6. The van der Waals surface area contributed by atoms with Crippen molar-refractivity contribution in [3.05, 3.63) is 155 Å². The Labute approximate surface area is 321 Å². The van der Waals surface area contributed by atoms with Gasteiger partial charge >= 0.3 is 5.97 Å². The molecule has 0 saturated carbocycles. The molecule has 3 N–H and O–H groups in total. The summed E-state index contributed by atoms with van der Waals surface area (Å²) in [7, 11) is -4.42. The average Bonchev–Trinajstić information content (AvgIpc) is 3.47. The van der Waals surface area contributed by atoms with E-state index in [9.17, 15) is 27.7 Å². The topological polar surface area (TPSA) is 127 Å². The van der Waals surface area contributed by atoms with Crippen LogP contribution in [0.1, 0.15) is 62.0 Å². The summed E-state index contributed by atoms with van der Waals surface area (Å²) in [6.07, 6.45) is 8.25. The molecule has 55 heavy (non-hydrogen) atoms. The number of aromatic carboxylic acids is 1. The average molecular weight is 754 g/mol. The number of nitrogens with one attached hydrogen (secondary N) is 1. The Kier molecular flexibility index (Phi) is 9.52. The molecule has 0 saturated heterocycles. The van der Waals surface area contributed by atoms with Gasteiger partial charge in [-0.3, -0.25) is 13.9 Å². The molecule has 0 fully saturated rings. The summed E-state index contributed by atoms with van der Waals surface area (Å²) in [5.41, 5.74) is 4.88. The van der Waals surface area contributed by atoms with Crippen molar-refractivity contribution in [1.82, 2.24) is 0 Å². The zero-order chi connectivity index (χ0) is 39.3. The van der Waals surface area contributed by atoms with E-state index >= 15 is 0 Å². The normalized spacial score (nSPS) is 17.0. The number of nitrogens with zero attached hydrogens (tertiary/aromatic N) is 2. The van der Waals surface area contributed by atoms with E-state index in [2.05, 4.69) is 50.1 Å². The quantitative estimate of drug-likeness (QED) is 0.0562. The molecular weight excluding hydrogens is 711 g/mol. The highest BCUT2D eigenvalue weighted by atomic mass is 32.2. The van der Waals surface area contributed by atoms with Crippen LogP contribution in [0.15, 0.2) is 133 Å². The summed E-state index contributed by atoms with van der Waals surface area (Å²) in [5.74, 6) is -1.93. The minimum absolute atomic E-state index is 0.112. The summed E-state index contributed by atoms with van der Waals surface area (Å²) in [5, 5.41) is 16.4. The number of hydrogen-bond acceptors (Lipinski definition) is 5. The van der Waals surface area contributed by atoms with Crippen LogP contribution < -0.4 is 10.2 Å². The van der Waals surface area contributed by atoms with Gasteiger partial charge in [0.25, 0.3) is 10.1 Å². The molecule has 0 unspecified atom stereocenters. The Morgan fingerprint density at radius 2 is 1.47 bits per heavy atom. The van der Waals surface area contributed by atoms with Crippen molar-refractivity contribution in [2.45, 2.75) is 51.4 Å². The monoisotopic (exact) mass is 753 g/mol. The molecule has 9 nitrogen and oxygen atoms in total. The second-order valence-electron chi connectivity index (χ2n) is 15.1. The van der Waals surface area contributed by atoms with Crippen LogP contribution >= 0.6 is 0 Å². The third-order valence-electron chi connectivity index (χ3n) is 10.8. The minimum Gasteiger partial charge on any atom is -0.478 e. The predicted molar refractivity (Wildman–Crippen MR) is 220 cm³/mol. The summed E-state index contributed by atoms with van der Waals surface area (Å²) in [6, 6.07) is 31.2. The fraction of sp³-hybridized carbons (Fsp3) is 0.200. The standard InChI is InChI=1S/C45H43N3O6S/c1-44(2)38(47(5)36-23-19-30-10-6-8-12-34(30)41(36)44)25-14-29(16-27-40(49)46-33-21-17-32(18-22-33)43(50)51)15-26-39-45(3,4)42-35-13-9-7-11-31(35)20-24-37(42)48(39)28-55(52,53)54/h6-15,17-26H,5,16,27-28H2,1-4H3,(H,46,49)(H,50,51)(H,52,53,54)/b25-14+,29-15-,39-26+. The van der Waals surface area contributed by atoms with Gasteiger partial charge in [-0.15, -0.1) is 6.08 Å². The molecule has 10 heteroatoms. The number of anilines is 2. The summed E-state index contributed by atoms with van der Waals surface area (Å²) in [4.78, 5) is 26.2. The fourth-order valence-electron chi connectivity index (χ4n) is 8.14. The first-order valence-corrected chi connectivity index (χ1v) is 19.6. The highest BCUT2D eigenvalue weighted by Gasteiger charge is 2.44. The minimum atomic E-state index is -4.42. The third-order valence-corrected chi connectivity index (χ3v) is 11.4. The molecule has 0 aromatic heterocycles. The number of carboxylic acids is 1. The highest BCUT2D eigenvalue weighted by molar-refractivity contribution is 7.85. The van der Waals surface area contributed by atoms with Crippen molar-refractivity contribution in [3.8, 4) is 0 Å². The van der Waals surface area contributed by atoms with E-state index in [1.807, 2.05) is 91.3 Å². The Morgan fingerprint density at radius 3 is 2.11 bits per heavy atom. The zero-order valence-electron chi connectivity index (χ0n) is 31.2. The van der Waals surface area contributed by atoms with Gasteiger partial charge in [0.05, 0.1) is 12.3 Å². The van der Waals surface area contributed by atoms with Gasteiger partial charge in [0.1, 0.15) is 11.7 Å². The highest BCUT2D eigenvalue weighted by Crippen LogP contribution is 2.52. The van der Waals surface area contributed by atoms with Crippen molar-refractivity contribution in [3.63, 3.8) is 0 Å². The van der Waals surface area contributed by atoms with E-state index in [0.717, 1.165) is 44.4 Å². The Hall–Kier alpha value is -5.97. The van der Waals surface area contributed by atoms with E-state index in [4.69, 9.17) is 0 Å². The van der Waals surface area contributed by atoms with Crippen molar-refractivity contribution in [1.29, 1.82) is 0 Å². The molecule has 2 aliphatic rings. The predicted octanol–water partition coefficient (Wildman–Crippen LogP) is 9.29. The Bertz CT molecular complexity index is 2600. The number of amides is 1. The lowest BCUT2D eigenvalue weighted by atomic mass is 9.78. The van der Waals surface area contributed by atoms with E-state index in [0.29, 0.717) is 23.5 Å². The molecule has 0 atom stereocenters. The summed E-state index contributed by atoms with van der Waals surface area (Å²) in [6.45, 7) is 12.9. The van der Waals surface area contributed by atoms with E-state index < -0.39 is 32.8 Å². The maximum atomic E-state index is 13.2. The van der Waals surface area contributed by atoms with E-state index in [-0.39, 0.29) is 17.9 Å². The molecule has 0 aliphatic carbocycles. The van der Waals surface area contributed by atoms with Crippen LogP contribution in [0.5, 0.6) is 0 Å². The van der Waals surface area contributed by atoms with Crippen LogP contribution in [0.25, 0.3) is 21.5 Å². The number of rotatable bonds is 10. The molecular formula is C45H43N3O6S. The Morgan fingerprint density at radius 1 is 0.855 bits per heavy atom. The Balaban J connectivity index is 1.27. The first kappa shape index (κ1) is 37.3. The van der Waals surface area contributed by atoms with Gasteiger partial charge < -0.3 is 15.3 Å². The molecule has 2 aliphatic heterocycles. The number of carbonyl (C=O) groups excluding carboxylic acids is 1. The van der Waals surface area contributed by atoms with Gasteiger partial charge in [-0.05, 0) is 81.6 Å². The van der Waals surface area contributed by atoms with Gasteiger partial charge in [0, 0.05) is 34.3 Å². The first-order chi connectivity index (χ1) is 26.1. The fourth-order valence-corrected chi connectivity index (χ4v) is 8.75. The SMILES string of the molecule is C=[N+]1c2ccc3ccccc3c2C(C)(C)[C-]1/C=C/C(=C/C=C1/N(CS(=O)(=O)O)c2ccc3ccccc3c2C1(C)C)CCC(=O)Nc1ccc(C(=O)O)cc1. The summed E-state index contributed by atoms with van der Waals surface area (Å²) >= 11 is 0. The second kappa shape index (κ2) is 14.0. The second-order valence-corrected chi connectivity index (χ2v) is 16.5. The molecule has 2 heterocycles. The van der Waals surface area contributed by atoms with Crippen LogP contribution in [0.2, 0.25) is 0 Å². The molecule has 280 valence electrons. The van der Waals surface area contributed by atoms with Gasteiger partial charge in [0.15, 0.2) is 5.88 Å². The van der Waals surface area contributed by atoms with Gasteiger partial charge in [-0.1, -0.05) is 106 Å². The number of allylic oxidation sites excluding steroid dienone is 5. The smallest absolute Gasteiger partial charge is 0.335 e. The van der Waals surface area contributed by atoms with Crippen molar-refractivity contribution >= 4 is 67.3 Å². The van der Waals surface area contributed by atoms with Crippen molar-refractivity contribution in [2.24, 2.45) is 0 Å². The first-order valence-electron chi connectivity index (χ1n) is 18.0. The van der Waals surface area contributed by atoms with Crippen LogP contribution in [0.4, 0.5) is 17.1 Å². The molecule has 7 rings (SSSR count). The van der Waals surface area contributed by atoms with Crippen molar-refractivity contribution < 1.29 is 32.2 Å². The van der Waals surface area contributed by atoms with Gasteiger partial charge in [-0.2, -0.15) is 8.42 Å². The van der Waals surface area contributed by atoms with Crippen molar-refractivity contribution in [2.75, 3.05) is 16.1 Å². The lowest BCUT2D eigenvalue weighted by Crippen LogP contribution is -2.30. The van der Waals surface area contributed by atoms with Gasteiger partial charge in [-0.25, -0.2) is 4.79 Å². The molecule has 0 radical (unpaired) electrons. The molecule has 0 bridgehead atoms. The number of carboxylic acid groups (broad SMARTS) is 1. The third kappa shape index (κ3) is 7.06. The summed E-state index contributed by atoms with van der Waals surface area (Å²) < 4.78 is 36.9. The molecule has 0 spiro atoms. The number of carbonyl (C=O) groups is 2. The van der Waals surface area contributed by atoms with E-state index in [1.54, 1.807) is 17.0 Å². The maximum absolute atomic E-state index is 13.2. The molecule has 5 aromatic rings. The molecule has 5 aromatic carbocycles. The molecule has 1 amide bonds. The lowest BCUT2D eigenvalue weighted by molar-refractivity contribution is -0.405. The van der Waals surface area contributed by atoms with E-state index in [1.165, 1.54) is 17.7 Å². The number of hydrogen-bond donors (Lipinski definition) is 3. The van der Waals surface area contributed by atoms with Crippen LogP contribution in [0.3, 0.4) is 0 Å².